The number of anilines is 1. The summed E-state index contributed by atoms with van der Waals surface area (Å²) in [5.74, 6) is -2.28. The Kier molecular flexibility index (Phi) is 7.89. The second kappa shape index (κ2) is 12.1. The van der Waals surface area contributed by atoms with Crippen LogP contribution in [0.15, 0.2) is 95.7 Å². The number of nitrogens with one attached hydrogen (secondary N) is 1. The van der Waals surface area contributed by atoms with Crippen LogP contribution in [-0.2, 0) is 11.3 Å². The smallest absolute Gasteiger partial charge is 0.253 e. The maximum absolute atomic E-state index is 13.6. The number of benzene rings is 2. The molecular formula is C34H29F2N5O3. The molecule has 1 fully saturated rings. The Morgan fingerprint density at radius 2 is 1.77 bits per heavy atom. The minimum Gasteiger partial charge on any atom is -0.458 e. The third kappa shape index (κ3) is 6.49. The van der Waals surface area contributed by atoms with Gasteiger partial charge >= 0.3 is 0 Å². The molecule has 0 spiro atoms. The Hall–Kier alpha value is -5.38. The number of hydrogen-bond acceptors (Lipinski definition) is 6. The first kappa shape index (κ1) is 28.7. The lowest BCUT2D eigenvalue weighted by atomic mass is 9.97. The van der Waals surface area contributed by atoms with Crippen molar-refractivity contribution in [3.05, 3.63) is 108 Å². The third-order valence-electron chi connectivity index (χ3n) is 7.53. The van der Waals surface area contributed by atoms with E-state index in [1.54, 1.807) is 42.7 Å². The fourth-order valence-electron chi connectivity index (χ4n) is 5.12. The van der Waals surface area contributed by atoms with Gasteiger partial charge in [-0.05, 0) is 77.4 Å². The molecule has 4 heterocycles. The Balaban J connectivity index is 1.23. The van der Waals surface area contributed by atoms with Crippen molar-refractivity contribution in [3.63, 3.8) is 0 Å². The first-order valence-electron chi connectivity index (χ1n) is 14.2. The highest BCUT2D eigenvalue weighted by Gasteiger charge is 2.35. The van der Waals surface area contributed by atoms with Crippen molar-refractivity contribution in [2.24, 2.45) is 0 Å². The van der Waals surface area contributed by atoms with E-state index in [-0.39, 0.29) is 44.3 Å². The lowest BCUT2D eigenvalue weighted by molar-refractivity contribution is -0.116. The predicted octanol–water partition coefficient (Wildman–Crippen LogP) is 6.34. The van der Waals surface area contributed by atoms with Gasteiger partial charge in [-0.2, -0.15) is 0 Å². The van der Waals surface area contributed by atoms with Crippen molar-refractivity contribution < 1.29 is 22.8 Å². The molecule has 0 bridgehead atoms. The highest BCUT2D eigenvalue weighted by Crippen LogP contribution is 2.35. The molecule has 0 radical (unpaired) electrons. The van der Waals surface area contributed by atoms with Crippen molar-refractivity contribution in [2.75, 3.05) is 18.8 Å². The SMILES string of the molecule is Nc1ccc(/C=C/C(=O)NCc2cc3cc(-c4ccc(C(=O)N5CCC(F)(F)CC5)cc4)cc(-c4ccccn4)c3o2)cn1. The maximum Gasteiger partial charge on any atom is 0.253 e. The summed E-state index contributed by atoms with van der Waals surface area (Å²) in [6.45, 7) is 0.253. The van der Waals surface area contributed by atoms with Crippen LogP contribution in [0, 0.1) is 0 Å². The molecule has 0 unspecified atom stereocenters. The maximum atomic E-state index is 13.6. The molecule has 2 aromatic carbocycles. The van der Waals surface area contributed by atoms with E-state index in [0.717, 1.165) is 33.3 Å². The predicted molar refractivity (Wildman–Crippen MR) is 164 cm³/mol. The average Bonchev–Trinajstić information content (AvgIpc) is 3.46. The van der Waals surface area contributed by atoms with Gasteiger partial charge in [0, 0.05) is 60.9 Å². The van der Waals surface area contributed by atoms with Gasteiger partial charge in [0.05, 0.1) is 12.2 Å². The number of nitrogens with two attached hydrogens (primary N) is 1. The molecule has 5 aromatic rings. The fourth-order valence-corrected chi connectivity index (χ4v) is 5.12. The Morgan fingerprint density at radius 1 is 0.977 bits per heavy atom. The van der Waals surface area contributed by atoms with Gasteiger partial charge in [-0.25, -0.2) is 13.8 Å². The normalized spacial score (nSPS) is 14.6. The van der Waals surface area contributed by atoms with Crippen LogP contribution in [0.2, 0.25) is 0 Å². The largest absolute Gasteiger partial charge is 0.458 e. The molecule has 0 saturated carbocycles. The molecule has 1 aliphatic heterocycles. The van der Waals surface area contributed by atoms with Crippen molar-refractivity contribution in [1.29, 1.82) is 0 Å². The van der Waals surface area contributed by atoms with Crippen LogP contribution in [0.3, 0.4) is 0 Å². The number of carbonyl (C=O) groups excluding carboxylic acids is 2. The zero-order valence-corrected chi connectivity index (χ0v) is 23.7. The van der Waals surface area contributed by atoms with E-state index < -0.39 is 5.92 Å². The highest BCUT2D eigenvalue weighted by molar-refractivity contribution is 5.98. The number of aromatic nitrogens is 2. The number of nitrogen functional groups attached to an aromatic ring is 1. The van der Waals surface area contributed by atoms with Crippen LogP contribution in [-0.4, -0.2) is 45.7 Å². The Bertz CT molecular complexity index is 1830. The monoisotopic (exact) mass is 593 g/mol. The van der Waals surface area contributed by atoms with Gasteiger partial charge in [0.2, 0.25) is 5.91 Å². The second-order valence-electron chi connectivity index (χ2n) is 10.7. The van der Waals surface area contributed by atoms with E-state index in [1.165, 1.54) is 11.0 Å². The summed E-state index contributed by atoms with van der Waals surface area (Å²) in [6.07, 6.45) is 5.72. The molecule has 1 aliphatic rings. The van der Waals surface area contributed by atoms with E-state index in [2.05, 4.69) is 15.3 Å². The number of fused-ring (bicyclic) bond motifs is 1. The standard InChI is InChI=1S/C34H29F2N5O3/c35-34(36)12-15-41(16-13-34)33(43)24-8-6-23(7-9-24)25-17-26-18-27(44-32(26)28(19-25)29-3-1-2-14-38-29)21-40-31(42)11-5-22-4-10-30(37)39-20-22/h1-11,14,17-20H,12-13,15-16,21H2,(H2,37,39)(H,40,42)/b11-5+. The van der Waals surface area contributed by atoms with Crippen molar-refractivity contribution in [1.82, 2.24) is 20.2 Å². The zero-order valence-electron chi connectivity index (χ0n) is 23.7. The first-order chi connectivity index (χ1) is 21.2. The molecule has 222 valence electrons. The van der Waals surface area contributed by atoms with Gasteiger partial charge in [0.25, 0.3) is 11.8 Å². The molecule has 0 atom stereocenters. The van der Waals surface area contributed by atoms with Gasteiger partial charge in [0.15, 0.2) is 0 Å². The summed E-state index contributed by atoms with van der Waals surface area (Å²) in [5.41, 5.74) is 10.7. The number of pyridine rings is 2. The number of piperidine rings is 1. The topological polar surface area (TPSA) is 114 Å². The van der Waals surface area contributed by atoms with E-state index in [4.69, 9.17) is 10.2 Å². The van der Waals surface area contributed by atoms with E-state index in [0.29, 0.717) is 22.7 Å². The van der Waals surface area contributed by atoms with Crippen molar-refractivity contribution in [3.8, 4) is 22.4 Å². The van der Waals surface area contributed by atoms with Crippen molar-refractivity contribution in [2.45, 2.75) is 25.3 Å². The van der Waals surface area contributed by atoms with Crippen molar-refractivity contribution >= 4 is 34.7 Å². The molecule has 10 heteroatoms. The minimum absolute atomic E-state index is 0.0390. The number of halogens is 2. The van der Waals surface area contributed by atoms with Crippen LogP contribution in [0.5, 0.6) is 0 Å². The number of amides is 2. The molecule has 44 heavy (non-hydrogen) atoms. The van der Waals surface area contributed by atoms with Crippen LogP contribution in [0.25, 0.3) is 39.4 Å². The number of likely N-dealkylation sites (tertiary alicyclic amines) is 1. The first-order valence-corrected chi connectivity index (χ1v) is 14.2. The molecule has 3 aromatic heterocycles. The molecule has 3 N–H and O–H groups in total. The van der Waals surface area contributed by atoms with Gasteiger partial charge in [-0.3, -0.25) is 14.6 Å². The fraction of sp³-hybridized carbons (Fsp3) is 0.176. The summed E-state index contributed by atoms with van der Waals surface area (Å²) in [7, 11) is 0. The summed E-state index contributed by atoms with van der Waals surface area (Å²) in [5, 5.41) is 3.66. The summed E-state index contributed by atoms with van der Waals surface area (Å²) in [6, 6.07) is 22.0. The van der Waals surface area contributed by atoms with Crippen LogP contribution in [0.4, 0.5) is 14.6 Å². The van der Waals surface area contributed by atoms with E-state index in [9.17, 15) is 18.4 Å². The number of furan rings is 1. The number of alkyl halides is 2. The minimum atomic E-state index is -2.71. The molecule has 2 amide bonds. The van der Waals surface area contributed by atoms with E-state index in [1.807, 2.05) is 48.5 Å². The Labute approximate surface area is 252 Å². The molecular weight excluding hydrogens is 564 g/mol. The highest BCUT2D eigenvalue weighted by atomic mass is 19.3. The van der Waals surface area contributed by atoms with Gasteiger partial charge < -0.3 is 20.4 Å². The van der Waals surface area contributed by atoms with Crippen LogP contribution in [0.1, 0.15) is 34.5 Å². The molecule has 8 nitrogen and oxygen atoms in total. The lowest BCUT2D eigenvalue weighted by Crippen LogP contribution is -2.42. The molecule has 1 saturated heterocycles. The second-order valence-corrected chi connectivity index (χ2v) is 10.7. The van der Waals surface area contributed by atoms with Gasteiger partial charge in [-0.15, -0.1) is 0 Å². The number of hydrogen-bond donors (Lipinski definition) is 2. The van der Waals surface area contributed by atoms with Crippen LogP contribution >= 0.6 is 0 Å². The summed E-state index contributed by atoms with van der Waals surface area (Å²) in [4.78, 5) is 35.4. The Morgan fingerprint density at radius 3 is 2.48 bits per heavy atom. The van der Waals surface area contributed by atoms with Crippen LogP contribution < -0.4 is 11.1 Å². The summed E-state index contributed by atoms with van der Waals surface area (Å²) >= 11 is 0. The average molecular weight is 594 g/mol. The van der Waals surface area contributed by atoms with Gasteiger partial charge in [0.1, 0.15) is 17.2 Å². The van der Waals surface area contributed by atoms with Gasteiger partial charge in [-0.1, -0.05) is 18.2 Å². The zero-order chi connectivity index (χ0) is 30.7. The number of carbonyl (C=O) groups is 2. The third-order valence-corrected chi connectivity index (χ3v) is 7.53. The van der Waals surface area contributed by atoms with E-state index >= 15 is 0 Å². The number of rotatable bonds is 7. The summed E-state index contributed by atoms with van der Waals surface area (Å²) < 4.78 is 33.3. The lowest BCUT2D eigenvalue weighted by Gasteiger charge is -2.31. The molecule has 6 rings (SSSR count). The number of nitrogens with zero attached hydrogens (tertiary/aromatic N) is 3. The quantitative estimate of drug-likeness (QED) is 0.213. The molecule has 0 aliphatic carbocycles.